The third-order valence-corrected chi connectivity index (χ3v) is 3.16. The Labute approximate surface area is 110 Å². The number of nitrogens with one attached hydrogen (secondary N) is 1. The molecule has 0 amide bonds. The van der Waals surface area contributed by atoms with Gasteiger partial charge in [-0.25, -0.2) is 0 Å². The van der Waals surface area contributed by atoms with Gasteiger partial charge in [-0.2, -0.15) is 4.98 Å². The minimum absolute atomic E-state index is 0.0658. The summed E-state index contributed by atoms with van der Waals surface area (Å²) < 4.78 is 5.01. The van der Waals surface area contributed by atoms with E-state index in [1.165, 1.54) is 6.07 Å². The Hall–Kier alpha value is -2.05. The molecule has 2 rings (SSSR count). The van der Waals surface area contributed by atoms with Crippen molar-refractivity contribution in [2.45, 2.75) is 19.8 Å². The van der Waals surface area contributed by atoms with Crippen LogP contribution in [0.4, 0.5) is 11.8 Å². The van der Waals surface area contributed by atoms with Crippen LogP contribution in [0, 0.1) is 5.92 Å². The van der Waals surface area contributed by atoms with Crippen LogP contribution in [0.3, 0.4) is 0 Å². The number of H-pyrrole nitrogens is 1. The Morgan fingerprint density at radius 2 is 2.26 bits per heavy atom. The van der Waals surface area contributed by atoms with Gasteiger partial charge in [-0.3, -0.25) is 14.6 Å². The number of esters is 1. The van der Waals surface area contributed by atoms with E-state index in [0.717, 1.165) is 0 Å². The molecule has 1 aliphatic rings. The molecule has 0 unspecified atom stereocenters. The molecule has 0 spiro atoms. The monoisotopic (exact) mass is 266 g/mol. The van der Waals surface area contributed by atoms with Crippen molar-refractivity contribution in [2.75, 3.05) is 30.3 Å². The average Bonchev–Trinajstić information content (AvgIpc) is 2.38. The average molecular weight is 266 g/mol. The Morgan fingerprint density at radius 3 is 2.84 bits per heavy atom. The Morgan fingerprint density at radius 1 is 1.58 bits per heavy atom. The van der Waals surface area contributed by atoms with Crippen LogP contribution in [0.5, 0.6) is 0 Å². The second kappa shape index (κ2) is 5.73. The van der Waals surface area contributed by atoms with E-state index in [1.807, 2.05) is 4.90 Å². The normalized spacial score (nSPS) is 16.4. The number of piperidine rings is 1. The van der Waals surface area contributed by atoms with E-state index < -0.39 is 0 Å². The highest BCUT2D eigenvalue weighted by Gasteiger charge is 2.26. The van der Waals surface area contributed by atoms with Crippen molar-refractivity contribution in [3.63, 3.8) is 0 Å². The molecule has 0 saturated carbocycles. The molecule has 1 aromatic heterocycles. The molecule has 1 saturated heterocycles. The fourth-order valence-corrected chi connectivity index (χ4v) is 2.20. The number of anilines is 2. The lowest BCUT2D eigenvalue weighted by atomic mass is 9.97. The summed E-state index contributed by atoms with van der Waals surface area (Å²) in [6, 6.07) is 1.24. The summed E-state index contributed by atoms with van der Waals surface area (Å²) in [7, 11) is 0. The molecular formula is C12H18N4O3. The van der Waals surface area contributed by atoms with E-state index in [2.05, 4.69) is 9.97 Å². The second-order valence-electron chi connectivity index (χ2n) is 4.51. The highest BCUT2D eigenvalue weighted by atomic mass is 16.5. The molecular weight excluding hydrogens is 248 g/mol. The van der Waals surface area contributed by atoms with Gasteiger partial charge in [0.25, 0.3) is 5.56 Å². The predicted octanol–water partition coefficient (Wildman–Crippen LogP) is 0.132. The van der Waals surface area contributed by atoms with E-state index in [0.29, 0.717) is 38.5 Å². The number of carbonyl (C=O) groups is 1. The first-order valence-electron chi connectivity index (χ1n) is 6.38. The van der Waals surface area contributed by atoms with Crippen LogP contribution in [-0.4, -0.2) is 35.6 Å². The van der Waals surface area contributed by atoms with Gasteiger partial charge in [0.15, 0.2) is 0 Å². The van der Waals surface area contributed by atoms with Gasteiger partial charge >= 0.3 is 5.97 Å². The lowest BCUT2D eigenvalue weighted by molar-refractivity contribution is -0.148. The molecule has 0 bridgehead atoms. The molecule has 1 fully saturated rings. The van der Waals surface area contributed by atoms with Crippen molar-refractivity contribution in [3.05, 3.63) is 16.4 Å². The lowest BCUT2D eigenvalue weighted by Gasteiger charge is -2.31. The molecule has 104 valence electrons. The SMILES string of the molecule is CCOC(=O)C1CCN(c2nc(N)cc(=O)[nH]2)CC1. The molecule has 0 aliphatic carbocycles. The maximum atomic E-state index is 11.6. The largest absolute Gasteiger partial charge is 0.466 e. The molecule has 1 aliphatic heterocycles. The summed E-state index contributed by atoms with van der Waals surface area (Å²) in [6.45, 7) is 3.50. The maximum Gasteiger partial charge on any atom is 0.309 e. The number of rotatable bonds is 3. The predicted molar refractivity (Wildman–Crippen MR) is 70.8 cm³/mol. The van der Waals surface area contributed by atoms with Gasteiger partial charge in [-0.15, -0.1) is 0 Å². The standard InChI is InChI=1S/C12H18N4O3/c1-2-19-11(18)8-3-5-16(6-4-8)12-14-9(13)7-10(17)15-12/h7-8H,2-6H2,1H3,(H3,13,14,15,17). The molecule has 2 heterocycles. The van der Waals surface area contributed by atoms with Crippen LogP contribution in [0.1, 0.15) is 19.8 Å². The minimum Gasteiger partial charge on any atom is -0.466 e. The molecule has 7 heteroatoms. The van der Waals surface area contributed by atoms with E-state index in [4.69, 9.17) is 10.5 Å². The smallest absolute Gasteiger partial charge is 0.309 e. The van der Waals surface area contributed by atoms with Gasteiger partial charge in [0, 0.05) is 19.2 Å². The topological polar surface area (TPSA) is 101 Å². The van der Waals surface area contributed by atoms with Gasteiger partial charge in [-0.1, -0.05) is 0 Å². The number of carbonyl (C=O) groups excluding carboxylic acids is 1. The minimum atomic E-state index is -0.269. The molecule has 7 nitrogen and oxygen atoms in total. The number of aromatic amines is 1. The first-order chi connectivity index (χ1) is 9.10. The molecule has 0 aromatic carbocycles. The maximum absolute atomic E-state index is 11.6. The van der Waals surface area contributed by atoms with Crippen molar-refractivity contribution >= 4 is 17.7 Å². The first-order valence-corrected chi connectivity index (χ1v) is 6.38. The van der Waals surface area contributed by atoms with E-state index >= 15 is 0 Å². The van der Waals surface area contributed by atoms with Crippen LogP contribution < -0.4 is 16.2 Å². The number of hydrogen-bond acceptors (Lipinski definition) is 6. The highest BCUT2D eigenvalue weighted by molar-refractivity contribution is 5.72. The van der Waals surface area contributed by atoms with Gasteiger partial charge in [-0.05, 0) is 19.8 Å². The quantitative estimate of drug-likeness (QED) is 0.754. The summed E-state index contributed by atoms with van der Waals surface area (Å²) in [4.78, 5) is 31.6. The number of ether oxygens (including phenoxy) is 1. The molecule has 0 radical (unpaired) electrons. The van der Waals surface area contributed by atoms with E-state index in [9.17, 15) is 9.59 Å². The van der Waals surface area contributed by atoms with Crippen LogP contribution >= 0.6 is 0 Å². The molecule has 19 heavy (non-hydrogen) atoms. The molecule has 0 atom stereocenters. The van der Waals surface area contributed by atoms with E-state index in [-0.39, 0.29) is 23.3 Å². The Kier molecular flexibility index (Phi) is 4.03. The van der Waals surface area contributed by atoms with Crippen molar-refractivity contribution in [1.29, 1.82) is 0 Å². The number of hydrogen-bond donors (Lipinski definition) is 2. The third-order valence-electron chi connectivity index (χ3n) is 3.16. The number of nitrogen functional groups attached to an aromatic ring is 1. The zero-order valence-electron chi connectivity index (χ0n) is 10.9. The lowest BCUT2D eigenvalue weighted by Crippen LogP contribution is -2.38. The zero-order chi connectivity index (χ0) is 13.8. The molecule has 1 aromatic rings. The fraction of sp³-hybridized carbons (Fsp3) is 0.583. The van der Waals surface area contributed by atoms with Gasteiger partial charge in [0.1, 0.15) is 5.82 Å². The zero-order valence-corrected chi connectivity index (χ0v) is 10.9. The van der Waals surface area contributed by atoms with Crippen molar-refractivity contribution in [2.24, 2.45) is 5.92 Å². The molecule has 3 N–H and O–H groups in total. The second-order valence-corrected chi connectivity index (χ2v) is 4.51. The van der Waals surface area contributed by atoms with Crippen LogP contribution in [-0.2, 0) is 9.53 Å². The Balaban J connectivity index is 1.99. The number of nitrogens with two attached hydrogens (primary N) is 1. The van der Waals surface area contributed by atoms with Crippen LogP contribution in [0.25, 0.3) is 0 Å². The van der Waals surface area contributed by atoms with Gasteiger partial charge < -0.3 is 15.4 Å². The summed E-state index contributed by atoms with van der Waals surface area (Å²) in [5.41, 5.74) is 5.28. The van der Waals surface area contributed by atoms with Crippen LogP contribution in [0.2, 0.25) is 0 Å². The first kappa shape index (κ1) is 13.4. The highest BCUT2D eigenvalue weighted by Crippen LogP contribution is 2.21. The van der Waals surface area contributed by atoms with E-state index in [1.54, 1.807) is 6.92 Å². The number of aromatic nitrogens is 2. The van der Waals surface area contributed by atoms with Crippen molar-refractivity contribution in [3.8, 4) is 0 Å². The fourth-order valence-electron chi connectivity index (χ4n) is 2.20. The summed E-state index contributed by atoms with van der Waals surface area (Å²) in [5, 5.41) is 0. The van der Waals surface area contributed by atoms with Gasteiger partial charge in [0.2, 0.25) is 5.95 Å². The third kappa shape index (κ3) is 3.24. The summed E-state index contributed by atoms with van der Waals surface area (Å²) >= 11 is 0. The summed E-state index contributed by atoms with van der Waals surface area (Å²) in [5.74, 6) is 0.457. The van der Waals surface area contributed by atoms with Crippen LogP contribution in [0.15, 0.2) is 10.9 Å². The van der Waals surface area contributed by atoms with Crippen molar-refractivity contribution < 1.29 is 9.53 Å². The van der Waals surface area contributed by atoms with Crippen molar-refractivity contribution in [1.82, 2.24) is 9.97 Å². The number of nitrogens with zero attached hydrogens (tertiary/aromatic N) is 2. The van der Waals surface area contributed by atoms with Gasteiger partial charge in [0.05, 0.1) is 12.5 Å². The Bertz CT molecular complexity index is 506. The summed E-state index contributed by atoms with van der Waals surface area (Å²) in [6.07, 6.45) is 1.38.